The zero-order valence-corrected chi connectivity index (χ0v) is 21.8. The number of thioether (sulfide) groups is 1. The summed E-state index contributed by atoms with van der Waals surface area (Å²) in [5.41, 5.74) is 2.32. The highest BCUT2D eigenvalue weighted by Crippen LogP contribution is 2.67. The fraction of sp³-hybridized carbons (Fsp3) is 0.857. The van der Waals surface area contributed by atoms with Crippen LogP contribution in [0, 0.1) is 40.4 Å². The highest BCUT2D eigenvalue weighted by atomic mass is 32.2. The predicted molar refractivity (Wildman–Crippen MR) is 132 cm³/mol. The molecule has 0 aliphatic heterocycles. The van der Waals surface area contributed by atoms with Gasteiger partial charge in [-0.25, -0.2) is 0 Å². The standard InChI is InChI=1S/C28H44O3S/c1-6-32-26(30)12-7-18(2)23-10-11-24-22-9-8-20-17-21(31-19(3)29)13-15-27(20,4)25(22)14-16-28(23,24)5/h8,18,21-25H,6-7,9-17H2,1-5H3/t18-,21-,22-,23+,24-,25-,27-,28+/m0/s1. The van der Waals surface area contributed by atoms with Crippen molar-refractivity contribution in [1.82, 2.24) is 0 Å². The van der Waals surface area contributed by atoms with Crippen LogP contribution in [-0.2, 0) is 14.3 Å². The van der Waals surface area contributed by atoms with Gasteiger partial charge in [-0.1, -0.05) is 51.1 Å². The van der Waals surface area contributed by atoms with E-state index in [0.29, 0.717) is 21.9 Å². The van der Waals surface area contributed by atoms with Crippen LogP contribution in [0.4, 0.5) is 0 Å². The van der Waals surface area contributed by atoms with E-state index in [1.54, 1.807) is 5.57 Å². The number of allylic oxidation sites excluding steroid dienone is 1. The van der Waals surface area contributed by atoms with E-state index in [1.807, 2.05) is 0 Å². The molecule has 3 nitrogen and oxygen atoms in total. The Labute approximate surface area is 199 Å². The SMILES string of the molecule is CCSC(=O)CC[C@H](C)[C@H]1CC[C@H]2[C@@H]3CC=C4C[C@@H](OC(C)=O)CC[C@]4(C)[C@H]3CC[C@]12C. The first kappa shape index (κ1) is 24.4. The Kier molecular flexibility index (Phi) is 7.21. The lowest BCUT2D eigenvalue weighted by molar-refractivity contribution is -0.148. The van der Waals surface area contributed by atoms with Gasteiger partial charge in [-0.05, 0) is 97.5 Å². The van der Waals surface area contributed by atoms with Crippen molar-refractivity contribution in [2.45, 2.75) is 105 Å². The zero-order valence-electron chi connectivity index (χ0n) is 21.0. The van der Waals surface area contributed by atoms with Crippen LogP contribution in [0.15, 0.2) is 11.6 Å². The van der Waals surface area contributed by atoms with Crippen LogP contribution >= 0.6 is 11.8 Å². The van der Waals surface area contributed by atoms with Crippen molar-refractivity contribution in [3.05, 3.63) is 11.6 Å². The summed E-state index contributed by atoms with van der Waals surface area (Å²) in [5.74, 6) is 4.60. The third kappa shape index (κ3) is 4.34. The predicted octanol–water partition coefficient (Wildman–Crippen LogP) is 7.19. The number of esters is 1. The molecule has 0 aromatic rings. The molecule has 3 fully saturated rings. The molecule has 0 spiro atoms. The minimum Gasteiger partial charge on any atom is -0.462 e. The lowest BCUT2D eigenvalue weighted by atomic mass is 9.47. The van der Waals surface area contributed by atoms with E-state index in [2.05, 4.69) is 33.8 Å². The minimum absolute atomic E-state index is 0.0857. The number of carbonyl (C=O) groups excluding carboxylic acids is 2. The molecule has 3 saturated carbocycles. The van der Waals surface area contributed by atoms with Gasteiger partial charge in [0.1, 0.15) is 6.10 Å². The van der Waals surface area contributed by atoms with Gasteiger partial charge < -0.3 is 4.74 Å². The van der Waals surface area contributed by atoms with Gasteiger partial charge in [0.2, 0.25) is 0 Å². The van der Waals surface area contributed by atoms with Gasteiger partial charge in [0, 0.05) is 19.8 Å². The van der Waals surface area contributed by atoms with E-state index < -0.39 is 0 Å². The Balaban J connectivity index is 1.46. The minimum atomic E-state index is -0.137. The van der Waals surface area contributed by atoms with E-state index in [9.17, 15) is 9.59 Å². The third-order valence-corrected chi connectivity index (χ3v) is 11.1. The molecule has 180 valence electrons. The zero-order chi connectivity index (χ0) is 23.1. The van der Waals surface area contributed by atoms with Gasteiger partial charge in [-0.15, -0.1) is 0 Å². The van der Waals surface area contributed by atoms with E-state index in [1.165, 1.54) is 57.2 Å². The molecule has 0 unspecified atom stereocenters. The lowest BCUT2D eigenvalue weighted by Gasteiger charge is -2.58. The highest BCUT2D eigenvalue weighted by Gasteiger charge is 2.59. The van der Waals surface area contributed by atoms with Gasteiger partial charge in [-0.2, -0.15) is 0 Å². The average molecular weight is 461 g/mol. The second-order valence-electron chi connectivity index (χ2n) is 11.8. The van der Waals surface area contributed by atoms with Crippen molar-refractivity contribution in [3.8, 4) is 0 Å². The molecule has 0 aromatic carbocycles. The first-order valence-electron chi connectivity index (χ1n) is 13.2. The Bertz CT molecular complexity index is 760. The van der Waals surface area contributed by atoms with Crippen LogP contribution < -0.4 is 0 Å². The fourth-order valence-electron chi connectivity index (χ4n) is 8.72. The van der Waals surface area contributed by atoms with Gasteiger partial charge in [0.15, 0.2) is 5.12 Å². The third-order valence-electron chi connectivity index (χ3n) is 10.3. The first-order valence-corrected chi connectivity index (χ1v) is 14.2. The topological polar surface area (TPSA) is 43.4 Å². The number of carbonyl (C=O) groups is 2. The van der Waals surface area contributed by atoms with E-state index >= 15 is 0 Å². The van der Waals surface area contributed by atoms with Gasteiger partial charge in [-0.3, -0.25) is 9.59 Å². The fourth-order valence-corrected chi connectivity index (χ4v) is 9.30. The maximum absolute atomic E-state index is 12.1. The van der Waals surface area contributed by atoms with Crippen molar-refractivity contribution in [1.29, 1.82) is 0 Å². The molecule has 0 radical (unpaired) electrons. The average Bonchev–Trinajstić information content (AvgIpc) is 3.09. The summed E-state index contributed by atoms with van der Waals surface area (Å²) < 4.78 is 5.60. The first-order chi connectivity index (χ1) is 15.2. The van der Waals surface area contributed by atoms with Crippen molar-refractivity contribution in [3.63, 3.8) is 0 Å². The van der Waals surface area contributed by atoms with Crippen molar-refractivity contribution in [2.75, 3.05) is 5.75 Å². The summed E-state index contributed by atoms with van der Waals surface area (Å²) in [4.78, 5) is 23.6. The van der Waals surface area contributed by atoms with Crippen molar-refractivity contribution < 1.29 is 14.3 Å². The Morgan fingerprint density at radius 3 is 2.66 bits per heavy atom. The molecular weight excluding hydrogens is 416 g/mol. The molecule has 4 heteroatoms. The second kappa shape index (κ2) is 9.47. The molecule has 8 atom stereocenters. The number of ether oxygens (including phenoxy) is 1. The molecule has 4 aliphatic rings. The molecule has 0 amide bonds. The summed E-state index contributed by atoms with van der Waals surface area (Å²) in [7, 11) is 0. The maximum atomic E-state index is 12.1. The molecule has 0 saturated heterocycles. The maximum Gasteiger partial charge on any atom is 0.302 e. The Morgan fingerprint density at radius 2 is 1.94 bits per heavy atom. The number of hydrogen-bond acceptors (Lipinski definition) is 4. The summed E-state index contributed by atoms with van der Waals surface area (Å²) in [6, 6.07) is 0. The van der Waals surface area contributed by atoms with Crippen LogP contribution in [0.1, 0.15) is 98.8 Å². The Hall–Kier alpha value is -0.770. The van der Waals surface area contributed by atoms with Gasteiger partial charge in [0.25, 0.3) is 0 Å². The summed E-state index contributed by atoms with van der Waals surface area (Å²) >= 11 is 1.49. The molecule has 0 aromatic heterocycles. The number of fused-ring (bicyclic) bond motifs is 5. The van der Waals surface area contributed by atoms with Gasteiger partial charge >= 0.3 is 5.97 Å². The quantitative estimate of drug-likeness (QED) is 0.311. The molecule has 4 rings (SSSR count). The second-order valence-corrected chi connectivity index (χ2v) is 13.1. The monoisotopic (exact) mass is 460 g/mol. The van der Waals surface area contributed by atoms with E-state index in [4.69, 9.17) is 4.74 Å². The van der Waals surface area contributed by atoms with Crippen LogP contribution in [0.2, 0.25) is 0 Å². The van der Waals surface area contributed by atoms with Crippen LogP contribution in [0.25, 0.3) is 0 Å². The summed E-state index contributed by atoms with van der Waals surface area (Å²) in [6.45, 7) is 11.2. The molecule has 32 heavy (non-hydrogen) atoms. The van der Waals surface area contributed by atoms with Crippen LogP contribution in [0.5, 0.6) is 0 Å². The Morgan fingerprint density at radius 1 is 1.16 bits per heavy atom. The van der Waals surface area contributed by atoms with Crippen molar-refractivity contribution >= 4 is 22.8 Å². The van der Waals surface area contributed by atoms with E-state index in [-0.39, 0.29) is 12.1 Å². The van der Waals surface area contributed by atoms with Gasteiger partial charge in [0.05, 0.1) is 0 Å². The van der Waals surface area contributed by atoms with Crippen LogP contribution in [-0.4, -0.2) is 22.9 Å². The highest BCUT2D eigenvalue weighted by molar-refractivity contribution is 8.13. The molecule has 4 aliphatic carbocycles. The van der Waals surface area contributed by atoms with Crippen molar-refractivity contribution in [2.24, 2.45) is 40.4 Å². The van der Waals surface area contributed by atoms with Crippen LogP contribution in [0.3, 0.4) is 0 Å². The largest absolute Gasteiger partial charge is 0.462 e. The van der Waals surface area contributed by atoms with E-state index in [0.717, 1.165) is 55.1 Å². The molecule has 0 N–H and O–H groups in total. The number of rotatable bonds is 6. The lowest BCUT2D eigenvalue weighted by Crippen LogP contribution is -2.51. The molecule has 0 heterocycles. The molecular formula is C28H44O3S. The normalized spacial score (nSPS) is 41.7. The number of hydrogen-bond donors (Lipinski definition) is 0. The molecule has 0 bridgehead atoms. The summed E-state index contributed by atoms with van der Waals surface area (Å²) in [6.07, 6.45) is 14.2. The smallest absolute Gasteiger partial charge is 0.302 e. The summed E-state index contributed by atoms with van der Waals surface area (Å²) in [5, 5.41) is 0.380.